The molecule has 0 aliphatic carbocycles. The Bertz CT molecular complexity index is 1670. The highest BCUT2D eigenvalue weighted by Crippen LogP contribution is 2.48. The molecule has 4 aliphatic heterocycles. The summed E-state index contributed by atoms with van der Waals surface area (Å²) < 4.78 is 17.1. The van der Waals surface area contributed by atoms with Gasteiger partial charge in [0.05, 0.1) is 41.0 Å². The van der Waals surface area contributed by atoms with E-state index in [1.807, 2.05) is 15.9 Å². The van der Waals surface area contributed by atoms with E-state index in [1.54, 1.807) is 22.7 Å². The van der Waals surface area contributed by atoms with E-state index >= 15 is 4.39 Å². The average molecular weight is 557 g/mol. The first-order chi connectivity index (χ1) is 20.0. The van der Waals surface area contributed by atoms with Gasteiger partial charge in [0, 0.05) is 43.9 Å². The van der Waals surface area contributed by atoms with Gasteiger partial charge in [0.25, 0.3) is 11.8 Å². The van der Waals surface area contributed by atoms with Gasteiger partial charge in [0.2, 0.25) is 5.91 Å². The molecule has 0 bridgehead atoms. The fourth-order valence-electron chi connectivity index (χ4n) is 6.85. The fraction of sp³-hybridized carbons (Fsp3) is 0.367. The van der Waals surface area contributed by atoms with E-state index < -0.39 is 29.6 Å². The molecule has 3 aromatic rings. The molecule has 210 valence electrons. The van der Waals surface area contributed by atoms with E-state index in [4.69, 9.17) is 4.99 Å². The molecule has 10 nitrogen and oxygen atoms in total. The number of anilines is 1. The molecule has 6 heterocycles. The molecule has 0 radical (unpaired) electrons. The zero-order valence-corrected chi connectivity index (χ0v) is 22.3. The van der Waals surface area contributed by atoms with Crippen molar-refractivity contribution in [1.82, 2.24) is 19.6 Å². The number of pyridine rings is 1. The van der Waals surface area contributed by atoms with Crippen molar-refractivity contribution < 1.29 is 23.9 Å². The number of imide groups is 1. The lowest BCUT2D eigenvalue weighted by Gasteiger charge is -2.35. The van der Waals surface area contributed by atoms with Crippen LogP contribution in [0.3, 0.4) is 0 Å². The van der Waals surface area contributed by atoms with Crippen molar-refractivity contribution in [3.63, 3.8) is 0 Å². The molecule has 4 aliphatic rings. The minimum absolute atomic E-state index is 0.0337. The summed E-state index contributed by atoms with van der Waals surface area (Å²) in [6.45, 7) is 1.79. The van der Waals surface area contributed by atoms with Gasteiger partial charge in [-0.05, 0) is 55.5 Å². The number of aliphatic hydroxyl groups is 1. The standard InChI is InChI=1S/C30H29FN6O4/c31-17-14-19-18(7-13-38)27(30(41)35-9-3-1-4-10-35)37-12-8-32-25(20(15-17)26(19)37)24-23(28(39)34-29(24)40)21-16-33-22-6-2-5-11-36(21)22/h2,5-6,11,14-16,18,27,38H,1,3-4,7-10,12-13H2,(H,34,39,40). The number of fused-ring (bicyclic) bond motifs is 1. The van der Waals surface area contributed by atoms with E-state index in [2.05, 4.69) is 10.3 Å². The van der Waals surface area contributed by atoms with Gasteiger partial charge in [-0.1, -0.05) is 6.07 Å². The molecular weight excluding hydrogens is 527 g/mol. The number of imidazole rings is 1. The molecule has 1 saturated heterocycles. The van der Waals surface area contributed by atoms with E-state index in [1.165, 1.54) is 18.3 Å². The normalized spacial score (nSPS) is 22.2. The largest absolute Gasteiger partial charge is 0.396 e. The predicted molar refractivity (Wildman–Crippen MR) is 149 cm³/mol. The first kappa shape index (κ1) is 25.6. The fourth-order valence-corrected chi connectivity index (χ4v) is 6.85. The Morgan fingerprint density at radius 2 is 1.88 bits per heavy atom. The van der Waals surface area contributed by atoms with Crippen LogP contribution in [0.1, 0.15) is 48.4 Å². The van der Waals surface area contributed by atoms with Crippen molar-refractivity contribution in [3.05, 3.63) is 70.9 Å². The molecule has 1 aromatic carbocycles. The highest BCUT2D eigenvalue weighted by atomic mass is 19.1. The van der Waals surface area contributed by atoms with E-state index in [9.17, 15) is 19.5 Å². The molecule has 1 fully saturated rings. The summed E-state index contributed by atoms with van der Waals surface area (Å²) in [5.74, 6) is -2.20. The number of carbonyl (C=O) groups excluding carboxylic acids is 3. The Morgan fingerprint density at radius 1 is 1.07 bits per heavy atom. The lowest BCUT2D eigenvalue weighted by atomic mass is 9.88. The quantitative estimate of drug-likeness (QED) is 0.465. The summed E-state index contributed by atoms with van der Waals surface area (Å²) in [7, 11) is 0. The minimum Gasteiger partial charge on any atom is -0.396 e. The molecule has 0 spiro atoms. The molecule has 2 atom stereocenters. The summed E-state index contributed by atoms with van der Waals surface area (Å²) in [5, 5.41) is 12.4. The van der Waals surface area contributed by atoms with Crippen LogP contribution in [0.25, 0.3) is 11.2 Å². The number of aromatic nitrogens is 2. The first-order valence-electron chi connectivity index (χ1n) is 14.0. The smallest absolute Gasteiger partial charge is 0.261 e. The zero-order chi connectivity index (χ0) is 28.2. The van der Waals surface area contributed by atoms with Gasteiger partial charge in [0.15, 0.2) is 0 Å². The number of nitrogens with zero attached hydrogens (tertiary/aromatic N) is 5. The van der Waals surface area contributed by atoms with Crippen LogP contribution in [0.2, 0.25) is 0 Å². The number of carbonyl (C=O) groups is 3. The molecule has 3 amide bonds. The lowest BCUT2D eigenvalue weighted by Crippen LogP contribution is -2.51. The topological polar surface area (TPSA) is 120 Å². The summed E-state index contributed by atoms with van der Waals surface area (Å²) in [5.41, 5.74) is 3.01. The summed E-state index contributed by atoms with van der Waals surface area (Å²) in [4.78, 5) is 53.5. The highest BCUT2D eigenvalue weighted by Gasteiger charge is 2.48. The van der Waals surface area contributed by atoms with E-state index in [-0.39, 0.29) is 42.3 Å². The summed E-state index contributed by atoms with van der Waals surface area (Å²) in [6.07, 6.45) is 6.53. The number of aliphatic hydroxyl groups excluding tert-OH is 1. The van der Waals surface area contributed by atoms with Crippen LogP contribution in [0.4, 0.5) is 10.1 Å². The van der Waals surface area contributed by atoms with Gasteiger partial charge in [0.1, 0.15) is 17.5 Å². The van der Waals surface area contributed by atoms with Crippen LogP contribution < -0.4 is 10.2 Å². The number of amides is 3. The number of likely N-dealkylation sites (tertiary alicyclic amines) is 1. The van der Waals surface area contributed by atoms with Crippen LogP contribution in [-0.2, 0) is 14.4 Å². The molecule has 0 saturated carbocycles. The average Bonchev–Trinajstić information content (AvgIpc) is 3.57. The van der Waals surface area contributed by atoms with E-state index in [0.29, 0.717) is 47.8 Å². The Balaban J connectivity index is 1.40. The second-order valence-electron chi connectivity index (χ2n) is 10.9. The monoisotopic (exact) mass is 556 g/mol. The van der Waals surface area contributed by atoms with Crippen molar-refractivity contribution >= 4 is 40.3 Å². The van der Waals surface area contributed by atoms with E-state index in [0.717, 1.165) is 19.3 Å². The Hall–Kier alpha value is -4.38. The Kier molecular flexibility index (Phi) is 6.19. The molecule has 2 N–H and O–H groups in total. The van der Waals surface area contributed by atoms with Gasteiger partial charge in [-0.25, -0.2) is 9.37 Å². The molecule has 11 heteroatoms. The number of piperidine rings is 1. The molecule has 7 rings (SSSR count). The molecular formula is C30H29FN6O4. The van der Waals surface area contributed by atoms with Crippen LogP contribution in [0.5, 0.6) is 0 Å². The first-order valence-corrected chi connectivity index (χ1v) is 14.0. The van der Waals surface area contributed by atoms with Gasteiger partial charge in [-0.2, -0.15) is 0 Å². The maximum atomic E-state index is 15.4. The summed E-state index contributed by atoms with van der Waals surface area (Å²) in [6, 6.07) is 7.56. The third kappa shape index (κ3) is 3.98. The Labute approximate surface area is 235 Å². The van der Waals surface area contributed by atoms with Gasteiger partial charge in [-0.3, -0.25) is 29.1 Å². The van der Waals surface area contributed by atoms with Crippen molar-refractivity contribution in [3.8, 4) is 0 Å². The second-order valence-corrected chi connectivity index (χ2v) is 10.9. The number of hydrogen-bond donors (Lipinski definition) is 2. The van der Waals surface area contributed by atoms with Gasteiger partial charge < -0.3 is 14.9 Å². The number of hydrogen-bond acceptors (Lipinski definition) is 7. The van der Waals surface area contributed by atoms with Crippen molar-refractivity contribution in [2.45, 2.75) is 37.6 Å². The van der Waals surface area contributed by atoms with Crippen molar-refractivity contribution in [2.24, 2.45) is 4.99 Å². The number of aliphatic imine (C=N–C) groups is 1. The predicted octanol–water partition coefficient (Wildman–Crippen LogP) is 2.05. The van der Waals surface area contributed by atoms with Crippen LogP contribution in [-0.4, -0.2) is 81.7 Å². The Morgan fingerprint density at radius 3 is 2.68 bits per heavy atom. The highest BCUT2D eigenvalue weighted by molar-refractivity contribution is 6.47. The number of nitrogens with one attached hydrogen (secondary N) is 1. The zero-order valence-electron chi connectivity index (χ0n) is 22.3. The van der Waals surface area contributed by atoms with Crippen molar-refractivity contribution in [1.29, 1.82) is 0 Å². The summed E-state index contributed by atoms with van der Waals surface area (Å²) >= 11 is 0. The number of halogens is 1. The minimum atomic E-state index is -0.619. The number of rotatable bonds is 5. The lowest BCUT2D eigenvalue weighted by molar-refractivity contribution is -0.134. The van der Waals surface area contributed by atoms with Gasteiger partial charge in [-0.15, -0.1) is 0 Å². The maximum absolute atomic E-state index is 15.4. The maximum Gasteiger partial charge on any atom is 0.261 e. The third-order valence-corrected chi connectivity index (χ3v) is 8.58. The van der Waals surface area contributed by atoms with Gasteiger partial charge >= 0.3 is 0 Å². The van der Waals surface area contributed by atoms with Crippen molar-refractivity contribution in [2.75, 3.05) is 37.7 Å². The second kappa shape index (κ2) is 9.91. The SMILES string of the molecule is O=C1NC(=O)C(c2cnc3ccccn23)=C1C1=NCCN2c3c1cc(F)cc3C(CCO)C2C(=O)N1CCCCC1. The molecule has 2 unspecified atom stereocenters. The molecule has 2 aromatic heterocycles. The van der Waals surface area contributed by atoms with Crippen LogP contribution >= 0.6 is 0 Å². The number of benzene rings is 1. The molecule has 41 heavy (non-hydrogen) atoms. The third-order valence-electron chi connectivity index (χ3n) is 8.58. The van der Waals surface area contributed by atoms with Crippen LogP contribution in [0, 0.1) is 5.82 Å². The van der Waals surface area contributed by atoms with Crippen LogP contribution in [0.15, 0.2) is 53.3 Å².